The van der Waals surface area contributed by atoms with Crippen LogP contribution in [-0.2, 0) is 9.09 Å². The van der Waals surface area contributed by atoms with Crippen molar-refractivity contribution in [3.05, 3.63) is 59.6 Å². The van der Waals surface area contributed by atoms with Crippen molar-refractivity contribution in [3.63, 3.8) is 0 Å². The molecule has 3 unspecified atom stereocenters. The van der Waals surface area contributed by atoms with Gasteiger partial charge in [-0.05, 0) is 31.5 Å². The third-order valence-corrected chi connectivity index (χ3v) is 7.19. The van der Waals surface area contributed by atoms with Crippen molar-refractivity contribution >= 4 is 42.0 Å². The minimum absolute atomic E-state index is 0.346. The molecule has 5 nitrogen and oxygen atoms in total. The van der Waals surface area contributed by atoms with Gasteiger partial charge in [-0.1, -0.05) is 72.6 Å². The van der Waals surface area contributed by atoms with Crippen LogP contribution < -0.4 is 0 Å². The molecule has 2 N–H and O–H groups in total. The van der Waals surface area contributed by atoms with Gasteiger partial charge in [0.05, 0.1) is 17.1 Å². The molecule has 3 rings (SSSR count). The van der Waals surface area contributed by atoms with E-state index in [1.54, 1.807) is 25.1 Å². The first-order valence-electron chi connectivity index (χ1n) is 8.64. The third-order valence-electron chi connectivity index (χ3n) is 3.66. The van der Waals surface area contributed by atoms with Crippen LogP contribution in [0.25, 0.3) is 11.0 Å². The van der Waals surface area contributed by atoms with Crippen LogP contribution in [0.2, 0.25) is 5.02 Å². The van der Waals surface area contributed by atoms with E-state index in [0.29, 0.717) is 22.1 Å². The highest BCUT2D eigenvalue weighted by Crippen LogP contribution is 2.54. The molecule has 0 aliphatic rings. The number of terminal acetylenes is 1. The van der Waals surface area contributed by atoms with Gasteiger partial charge in [0.1, 0.15) is 0 Å². The molecule has 148 valence electrons. The van der Waals surface area contributed by atoms with E-state index in [4.69, 9.17) is 22.5 Å². The Morgan fingerprint density at radius 3 is 2.46 bits per heavy atom. The number of nitrogens with one attached hydrogen (secondary N) is 1. The van der Waals surface area contributed by atoms with Crippen LogP contribution >= 0.6 is 31.0 Å². The predicted octanol–water partition coefficient (Wildman–Crippen LogP) is 5.95. The summed E-state index contributed by atoms with van der Waals surface area (Å²) in [4.78, 5) is 16.4. The molecule has 0 bridgehead atoms. The van der Waals surface area contributed by atoms with Crippen LogP contribution in [0.3, 0.4) is 0 Å². The smallest absolute Gasteiger partial charge is 0.333 e. The molecule has 0 saturated carbocycles. The molecular weight excluding hydrogens is 415 g/mol. The zero-order valence-corrected chi connectivity index (χ0v) is 18.0. The number of nitrogens with zero attached hydrogens (tertiary/aromatic N) is 1. The number of imidazole rings is 1. The summed E-state index contributed by atoms with van der Waals surface area (Å²) in [5.41, 5.74) is 1.44. The number of halogens is 1. The maximum atomic E-state index is 12.3. The summed E-state index contributed by atoms with van der Waals surface area (Å²) in [6, 6.07) is 17.2. The van der Waals surface area contributed by atoms with Gasteiger partial charge in [-0.3, -0.25) is 4.57 Å². The maximum Gasteiger partial charge on any atom is 0.353 e. The summed E-state index contributed by atoms with van der Waals surface area (Å²) < 4.78 is 17.5. The topological polar surface area (TPSA) is 75.2 Å². The number of hydrogen-bond donors (Lipinski definition) is 2. The molecular formula is C20H22ClN2O3PS. The van der Waals surface area contributed by atoms with Crippen LogP contribution in [0, 0.1) is 12.3 Å². The van der Waals surface area contributed by atoms with Crippen LogP contribution in [0.15, 0.2) is 59.8 Å². The number of fused-ring (bicyclic) bond motifs is 1. The summed E-state index contributed by atoms with van der Waals surface area (Å²) in [6.07, 6.45) is 5.67. The van der Waals surface area contributed by atoms with Gasteiger partial charge in [-0.15, -0.1) is 6.42 Å². The van der Waals surface area contributed by atoms with Crippen molar-refractivity contribution in [2.24, 2.45) is 0 Å². The number of hydrogen-bond acceptors (Lipinski definition) is 4. The minimum Gasteiger partial charge on any atom is -0.333 e. The van der Waals surface area contributed by atoms with E-state index in [9.17, 15) is 9.46 Å². The molecule has 0 saturated heterocycles. The number of benzene rings is 2. The van der Waals surface area contributed by atoms with E-state index >= 15 is 0 Å². The Labute approximate surface area is 174 Å². The first kappa shape index (κ1) is 22.5. The van der Waals surface area contributed by atoms with Gasteiger partial charge < -0.3 is 14.4 Å². The molecule has 28 heavy (non-hydrogen) atoms. The normalized spacial score (nSPS) is 15.0. The lowest BCUT2D eigenvalue weighted by Gasteiger charge is -2.20. The fourth-order valence-corrected chi connectivity index (χ4v) is 4.80. The number of aromatic nitrogens is 2. The van der Waals surface area contributed by atoms with Crippen molar-refractivity contribution in [1.82, 2.24) is 9.97 Å². The summed E-state index contributed by atoms with van der Waals surface area (Å²) >= 11 is 6.91. The Balaban J connectivity index is 0.000000397. The van der Waals surface area contributed by atoms with E-state index < -0.39 is 12.6 Å². The Bertz CT molecular complexity index is 948. The largest absolute Gasteiger partial charge is 0.353 e. The molecule has 3 aromatic rings. The quantitative estimate of drug-likeness (QED) is 0.283. The fraction of sp³-hybridized carbons (Fsp3) is 0.250. The Morgan fingerprint density at radius 1 is 1.32 bits per heavy atom. The van der Waals surface area contributed by atoms with Gasteiger partial charge in [0, 0.05) is 5.02 Å². The predicted molar refractivity (Wildman–Crippen MR) is 117 cm³/mol. The third kappa shape index (κ3) is 6.70. The van der Waals surface area contributed by atoms with E-state index in [1.807, 2.05) is 43.3 Å². The van der Waals surface area contributed by atoms with Gasteiger partial charge in [0.15, 0.2) is 10.1 Å². The van der Waals surface area contributed by atoms with Gasteiger partial charge in [-0.2, -0.15) is 0 Å². The van der Waals surface area contributed by atoms with E-state index in [0.717, 1.165) is 17.3 Å². The van der Waals surface area contributed by atoms with E-state index in [1.165, 1.54) is 0 Å². The van der Waals surface area contributed by atoms with E-state index in [-0.39, 0.29) is 6.10 Å². The monoisotopic (exact) mass is 436 g/mol. The van der Waals surface area contributed by atoms with Crippen molar-refractivity contribution in [2.75, 3.05) is 0 Å². The highest BCUT2D eigenvalue weighted by atomic mass is 35.5. The molecule has 0 fully saturated rings. The van der Waals surface area contributed by atoms with Crippen molar-refractivity contribution in [1.29, 1.82) is 0 Å². The first-order valence-corrected chi connectivity index (χ1v) is 11.5. The maximum absolute atomic E-state index is 12.3. The Hall–Kier alpha value is -1.74. The van der Waals surface area contributed by atoms with Gasteiger partial charge >= 0.3 is 7.60 Å². The summed E-state index contributed by atoms with van der Waals surface area (Å²) in [7, 11) is -3.95. The van der Waals surface area contributed by atoms with E-state index in [2.05, 4.69) is 15.9 Å². The molecule has 0 aliphatic heterocycles. The second-order valence-electron chi connectivity index (χ2n) is 5.88. The van der Waals surface area contributed by atoms with Crippen LogP contribution in [0.4, 0.5) is 0 Å². The SMILES string of the molecule is C#CC(Sc1nc2ccc(Cl)cc2[nH]1)P(=O)(O)OC(C)CC.c1ccccc1. The van der Waals surface area contributed by atoms with Crippen LogP contribution in [0.5, 0.6) is 0 Å². The van der Waals surface area contributed by atoms with Gasteiger partial charge in [-0.25, -0.2) is 4.98 Å². The Morgan fingerprint density at radius 2 is 1.93 bits per heavy atom. The average molecular weight is 437 g/mol. The number of thioether (sulfide) groups is 1. The van der Waals surface area contributed by atoms with Crippen molar-refractivity contribution in [3.8, 4) is 12.3 Å². The van der Waals surface area contributed by atoms with Gasteiger partial charge in [0.2, 0.25) is 0 Å². The second-order valence-corrected chi connectivity index (χ2v) is 9.62. The highest BCUT2D eigenvalue weighted by molar-refractivity contribution is 8.05. The minimum atomic E-state index is -3.95. The van der Waals surface area contributed by atoms with Crippen molar-refractivity contribution < 1.29 is 14.0 Å². The molecule has 1 heterocycles. The lowest BCUT2D eigenvalue weighted by atomic mass is 10.3. The zero-order chi connectivity index (χ0) is 20.6. The van der Waals surface area contributed by atoms with Crippen molar-refractivity contribution in [2.45, 2.75) is 36.5 Å². The molecule has 0 aliphatic carbocycles. The lowest BCUT2D eigenvalue weighted by molar-refractivity contribution is 0.186. The first-order chi connectivity index (χ1) is 13.4. The fourth-order valence-electron chi connectivity index (χ4n) is 2.09. The van der Waals surface area contributed by atoms with Crippen LogP contribution in [-0.4, -0.2) is 26.0 Å². The van der Waals surface area contributed by atoms with Gasteiger partial charge in [0.25, 0.3) is 0 Å². The molecule has 0 amide bonds. The molecule has 3 atom stereocenters. The number of H-pyrrole nitrogens is 1. The van der Waals surface area contributed by atoms with Crippen LogP contribution in [0.1, 0.15) is 20.3 Å². The molecule has 1 aromatic heterocycles. The number of aromatic amines is 1. The molecule has 2 aromatic carbocycles. The standard InChI is InChI=1S/C14H16ClN2O3PS.C6H6/c1-4-9(3)20-21(18,19)13(5-2)22-14-16-11-7-6-10(15)8-12(11)17-14;1-2-4-6-5-3-1/h2,6-9,13H,4H2,1,3H3,(H,16,17)(H,18,19);1-6H. The highest BCUT2D eigenvalue weighted by Gasteiger charge is 2.34. The Kier molecular flexibility index (Phi) is 8.62. The summed E-state index contributed by atoms with van der Waals surface area (Å²) in [5, 5.41) is 1.02. The zero-order valence-electron chi connectivity index (χ0n) is 15.6. The average Bonchev–Trinajstić information content (AvgIpc) is 3.09. The second kappa shape index (κ2) is 10.7. The summed E-state index contributed by atoms with van der Waals surface area (Å²) in [6.45, 7) is 3.59. The summed E-state index contributed by atoms with van der Waals surface area (Å²) in [5.74, 6) is 2.31. The molecule has 8 heteroatoms. The molecule has 0 spiro atoms. The number of rotatable bonds is 6. The molecule has 0 radical (unpaired) electrons. The lowest BCUT2D eigenvalue weighted by Crippen LogP contribution is -2.11.